The summed E-state index contributed by atoms with van der Waals surface area (Å²) < 4.78 is 0.692. The number of halogens is 1. The van der Waals surface area contributed by atoms with Gasteiger partial charge in [-0.15, -0.1) is 21.5 Å². The molecular weight excluding hydrogens is 292 g/mol. The van der Waals surface area contributed by atoms with Gasteiger partial charge in [0.1, 0.15) is 11.4 Å². The summed E-state index contributed by atoms with van der Waals surface area (Å²) in [5.41, 5.74) is 3.51. The molecule has 1 aliphatic rings. The summed E-state index contributed by atoms with van der Waals surface area (Å²) >= 11 is 7.36. The van der Waals surface area contributed by atoms with E-state index in [1.807, 2.05) is 36.4 Å². The van der Waals surface area contributed by atoms with Crippen LogP contribution in [0.2, 0.25) is 4.34 Å². The number of nitrogens with zero attached hydrogens (tertiary/aromatic N) is 2. The minimum absolute atomic E-state index is 0.00871. The zero-order valence-corrected chi connectivity index (χ0v) is 11.7. The third-order valence-corrected chi connectivity index (χ3v) is 4.54. The van der Waals surface area contributed by atoms with Gasteiger partial charge in [0.25, 0.3) is 0 Å². The molecule has 96 valence electrons. The van der Waals surface area contributed by atoms with E-state index in [-0.39, 0.29) is 5.78 Å². The number of hydrogen-bond acceptors (Lipinski definition) is 4. The van der Waals surface area contributed by atoms with E-state index < -0.39 is 0 Å². The molecule has 0 amide bonds. The Morgan fingerprint density at radius 3 is 2.50 bits per heavy atom. The van der Waals surface area contributed by atoms with Crippen molar-refractivity contribution in [3.63, 3.8) is 0 Å². The van der Waals surface area contributed by atoms with Gasteiger partial charge >= 0.3 is 0 Å². The Balaban J connectivity index is 1.90. The van der Waals surface area contributed by atoms with E-state index in [2.05, 4.69) is 10.2 Å². The second-order valence-electron chi connectivity index (χ2n) is 4.47. The van der Waals surface area contributed by atoms with Crippen LogP contribution in [0.4, 0.5) is 0 Å². The number of ketones is 1. The minimum atomic E-state index is 0.00871. The first-order valence-corrected chi connectivity index (χ1v) is 7.21. The van der Waals surface area contributed by atoms with Crippen molar-refractivity contribution < 1.29 is 4.79 Å². The molecule has 0 aliphatic heterocycles. The van der Waals surface area contributed by atoms with Crippen molar-refractivity contribution in [1.29, 1.82) is 0 Å². The van der Waals surface area contributed by atoms with E-state index in [4.69, 9.17) is 11.6 Å². The summed E-state index contributed by atoms with van der Waals surface area (Å²) in [6, 6.07) is 13.0. The SMILES string of the molecule is O=C1c2ccccc2-c2nnc(-c3ccc(Cl)s3)cc21. The van der Waals surface area contributed by atoms with E-state index in [1.165, 1.54) is 11.3 Å². The first-order chi connectivity index (χ1) is 9.74. The molecule has 1 aliphatic carbocycles. The third kappa shape index (κ3) is 1.62. The number of rotatable bonds is 1. The van der Waals surface area contributed by atoms with E-state index >= 15 is 0 Å². The Morgan fingerprint density at radius 2 is 1.75 bits per heavy atom. The maximum Gasteiger partial charge on any atom is 0.196 e. The van der Waals surface area contributed by atoms with Crippen molar-refractivity contribution in [3.8, 4) is 21.8 Å². The van der Waals surface area contributed by atoms with Crippen molar-refractivity contribution >= 4 is 28.7 Å². The summed E-state index contributed by atoms with van der Waals surface area (Å²) in [6.07, 6.45) is 0. The van der Waals surface area contributed by atoms with Crippen molar-refractivity contribution in [3.05, 3.63) is 57.9 Å². The number of thiophene rings is 1. The molecule has 0 atom stereocenters. The molecule has 0 saturated heterocycles. The lowest BCUT2D eigenvalue weighted by Crippen LogP contribution is -1.97. The number of carbonyl (C=O) groups is 1. The average molecular weight is 299 g/mol. The quantitative estimate of drug-likeness (QED) is 0.532. The number of aromatic nitrogens is 2. The lowest BCUT2D eigenvalue weighted by atomic mass is 10.1. The van der Waals surface area contributed by atoms with Gasteiger partial charge < -0.3 is 0 Å². The molecule has 0 spiro atoms. The summed E-state index contributed by atoms with van der Waals surface area (Å²) in [7, 11) is 0. The second kappa shape index (κ2) is 4.23. The molecule has 2 aromatic heterocycles. The summed E-state index contributed by atoms with van der Waals surface area (Å²) in [6.45, 7) is 0. The summed E-state index contributed by atoms with van der Waals surface area (Å²) in [5, 5.41) is 8.45. The Hall–Kier alpha value is -2.04. The highest BCUT2D eigenvalue weighted by Crippen LogP contribution is 2.37. The highest BCUT2D eigenvalue weighted by atomic mass is 35.5. The van der Waals surface area contributed by atoms with Crippen LogP contribution in [0.3, 0.4) is 0 Å². The molecule has 0 unspecified atom stereocenters. The average Bonchev–Trinajstić information content (AvgIpc) is 3.03. The molecule has 0 N–H and O–H groups in total. The van der Waals surface area contributed by atoms with Crippen molar-refractivity contribution in [2.45, 2.75) is 0 Å². The standard InChI is InChI=1S/C15H7ClN2OS/c16-13-6-5-12(20-13)11-7-10-14(18-17-11)8-3-1-2-4-9(8)15(10)19/h1-7H. The molecule has 20 heavy (non-hydrogen) atoms. The van der Waals surface area contributed by atoms with Gasteiger partial charge in [-0.1, -0.05) is 35.9 Å². The normalized spacial score (nSPS) is 12.3. The van der Waals surface area contributed by atoms with Gasteiger partial charge in [0.15, 0.2) is 5.78 Å². The van der Waals surface area contributed by atoms with Gasteiger partial charge in [-0.05, 0) is 18.2 Å². The third-order valence-electron chi connectivity index (χ3n) is 3.29. The van der Waals surface area contributed by atoms with Gasteiger partial charge in [-0.25, -0.2) is 0 Å². The van der Waals surface area contributed by atoms with Gasteiger partial charge in [0.05, 0.1) is 14.8 Å². The fourth-order valence-electron chi connectivity index (χ4n) is 2.37. The first kappa shape index (κ1) is 11.8. The lowest BCUT2D eigenvalue weighted by molar-refractivity contribution is 0.104. The molecule has 4 rings (SSSR count). The Kier molecular flexibility index (Phi) is 2.49. The zero-order valence-electron chi connectivity index (χ0n) is 10.1. The molecule has 2 heterocycles. The van der Waals surface area contributed by atoms with Crippen LogP contribution in [0.25, 0.3) is 21.8 Å². The van der Waals surface area contributed by atoms with Gasteiger partial charge in [-0.2, -0.15) is 0 Å². The van der Waals surface area contributed by atoms with Crippen LogP contribution in [0.5, 0.6) is 0 Å². The van der Waals surface area contributed by atoms with E-state index in [0.29, 0.717) is 26.9 Å². The molecular formula is C15H7ClN2OS. The second-order valence-corrected chi connectivity index (χ2v) is 6.19. The maximum absolute atomic E-state index is 12.4. The number of benzene rings is 1. The van der Waals surface area contributed by atoms with E-state index in [9.17, 15) is 4.79 Å². The van der Waals surface area contributed by atoms with Crippen LogP contribution in [0.15, 0.2) is 42.5 Å². The highest BCUT2D eigenvalue weighted by Gasteiger charge is 2.28. The lowest BCUT2D eigenvalue weighted by Gasteiger charge is -2.00. The molecule has 0 saturated carbocycles. The molecule has 5 heteroatoms. The molecule has 0 fully saturated rings. The topological polar surface area (TPSA) is 42.9 Å². The van der Waals surface area contributed by atoms with Crippen LogP contribution in [-0.4, -0.2) is 16.0 Å². The molecule has 3 nitrogen and oxygen atoms in total. The highest BCUT2D eigenvalue weighted by molar-refractivity contribution is 7.19. The zero-order chi connectivity index (χ0) is 13.7. The number of fused-ring (bicyclic) bond motifs is 3. The van der Waals surface area contributed by atoms with E-state index in [0.717, 1.165) is 10.4 Å². The van der Waals surface area contributed by atoms with Crippen LogP contribution in [0.1, 0.15) is 15.9 Å². The first-order valence-electron chi connectivity index (χ1n) is 6.01. The summed E-state index contributed by atoms with van der Waals surface area (Å²) in [5.74, 6) is 0.00871. The monoisotopic (exact) mass is 298 g/mol. The maximum atomic E-state index is 12.4. The molecule has 1 aromatic carbocycles. The minimum Gasteiger partial charge on any atom is -0.289 e. The van der Waals surface area contributed by atoms with E-state index in [1.54, 1.807) is 6.07 Å². The Morgan fingerprint density at radius 1 is 0.950 bits per heavy atom. The Labute approximate surface area is 123 Å². The molecule has 3 aromatic rings. The fraction of sp³-hybridized carbons (Fsp3) is 0. The fourth-order valence-corrected chi connectivity index (χ4v) is 3.37. The van der Waals surface area contributed by atoms with Crippen LogP contribution in [0, 0.1) is 0 Å². The predicted octanol–water partition coefficient (Wildman–Crippen LogP) is 4.07. The Bertz CT molecular complexity index is 857. The largest absolute Gasteiger partial charge is 0.289 e. The number of carbonyl (C=O) groups excluding carboxylic acids is 1. The predicted molar refractivity (Wildman–Crippen MR) is 79.2 cm³/mol. The summed E-state index contributed by atoms with van der Waals surface area (Å²) in [4.78, 5) is 13.3. The van der Waals surface area contributed by atoms with Crippen molar-refractivity contribution in [2.24, 2.45) is 0 Å². The molecule has 0 radical (unpaired) electrons. The van der Waals surface area contributed by atoms with Crippen LogP contribution >= 0.6 is 22.9 Å². The van der Waals surface area contributed by atoms with Crippen molar-refractivity contribution in [1.82, 2.24) is 10.2 Å². The number of hydrogen-bond donors (Lipinski definition) is 0. The molecule has 0 bridgehead atoms. The van der Waals surface area contributed by atoms with Crippen LogP contribution < -0.4 is 0 Å². The van der Waals surface area contributed by atoms with Gasteiger partial charge in [0.2, 0.25) is 0 Å². The smallest absolute Gasteiger partial charge is 0.196 e. The van der Waals surface area contributed by atoms with Gasteiger partial charge in [0, 0.05) is 11.1 Å². The van der Waals surface area contributed by atoms with Gasteiger partial charge in [-0.3, -0.25) is 4.79 Å². The van der Waals surface area contributed by atoms with Crippen LogP contribution in [-0.2, 0) is 0 Å². The van der Waals surface area contributed by atoms with Crippen molar-refractivity contribution in [2.75, 3.05) is 0 Å².